The Morgan fingerprint density at radius 2 is 2.36 bits per heavy atom. The number of methoxy groups -OCH3 is 1. The maximum absolute atomic E-state index is 11.1. The van der Waals surface area contributed by atoms with Crippen molar-refractivity contribution in [3.8, 4) is 0 Å². The van der Waals surface area contributed by atoms with Crippen molar-refractivity contribution in [2.24, 2.45) is 5.92 Å². The molecule has 1 saturated heterocycles. The summed E-state index contributed by atoms with van der Waals surface area (Å²) in [5.74, 6) is -0.0880. The first-order chi connectivity index (χ1) is 6.63. The molecule has 0 spiro atoms. The summed E-state index contributed by atoms with van der Waals surface area (Å²) in [7, 11) is 1.64. The molecule has 0 saturated carbocycles. The summed E-state index contributed by atoms with van der Waals surface area (Å²) in [5.41, 5.74) is 0. The number of hydrogen-bond acceptors (Lipinski definition) is 4. The van der Waals surface area contributed by atoms with E-state index in [0.717, 1.165) is 0 Å². The van der Waals surface area contributed by atoms with Crippen molar-refractivity contribution in [2.75, 3.05) is 20.3 Å². The SMILES string of the molecule is COCC(C)CNC1CC(=O)NC1=O. The molecule has 2 unspecified atom stereocenters. The summed E-state index contributed by atoms with van der Waals surface area (Å²) in [6, 6.07) is -0.359. The minimum Gasteiger partial charge on any atom is -0.384 e. The van der Waals surface area contributed by atoms with Gasteiger partial charge in [-0.2, -0.15) is 0 Å². The first kappa shape index (κ1) is 11.1. The molecule has 1 rings (SSSR count). The molecule has 14 heavy (non-hydrogen) atoms. The highest BCUT2D eigenvalue weighted by Gasteiger charge is 2.29. The summed E-state index contributed by atoms with van der Waals surface area (Å²) in [5, 5.41) is 5.28. The molecule has 1 fully saturated rings. The van der Waals surface area contributed by atoms with Gasteiger partial charge in [0.15, 0.2) is 0 Å². The second kappa shape index (κ2) is 5.07. The van der Waals surface area contributed by atoms with Crippen molar-refractivity contribution in [1.29, 1.82) is 0 Å². The molecule has 5 heteroatoms. The molecule has 0 aromatic carbocycles. The number of imide groups is 1. The lowest BCUT2D eigenvalue weighted by Gasteiger charge is -2.13. The predicted molar refractivity (Wildman–Crippen MR) is 50.6 cm³/mol. The molecule has 2 atom stereocenters. The van der Waals surface area contributed by atoms with Gasteiger partial charge < -0.3 is 10.1 Å². The highest BCUT2D eigenvalue weighted by Crippen LogP contribution is 2.02. The summed E-state index contributed by atoms with van der Waals surface area (Å²) < 4.78 is 4.96. The van der Waals surface area contributed by atoms with Crippen LogP contribution in [0.4, 0.5) is 0 Å². The van der Waals surface area contributed by atoms with Crippen LogP contribution in [0.25, 0.3) is 0 Å². The van der Waals surface area contributed by atoms with Gasteiger partial charge in [0.2, 0.25) is 11.8 Å². The molecule has 0 aliphatic carbocycles. The molecule has 0 radical (unpaired) electrons. The third kappa shape index (κ3) is 3.08. The van der Waals surface area contributed by atoms with Crippen molar-refractivity contribution in [3.05, 3.63) is 0 Å². The Kier molecular flexibility index (Phi) is 4.03. The van der Waals surface area contributed by atoms with Crippen LogP contribution in [-0.4, -0.2) is 38.1 Å². The number of nitrogens with one attached hydrogen (secondary N) is 2. The Balaban J connectivity index is 2.24. The standard InChI is InChI=1S/C9H16N2O3/c1-6(5-14-2)4-10-7-3-8(12)11-9(7)13/h6-7,10H,3-5H2,1-2H3,(H,11,12,13). The molecule has 1 aliphatic heterocycles. The molecular weight excluding hydrogens is 184 g/mol. The van der Waals surface area contributed by atoms with Crippen molar-refractivity contribution in [2.45, 2.75) is 19.4 Å². The van der Waals surface area contributed by atoms with Gasteiger partial charge >= 0.3 is 0 Å². The molecule has 5 nitrogen and oxygen atoms in total. The van der Waals surface area contributed by atoms with Gasteiger partial charge in [-0.15, -0.1) is 0 Å². The lowest BCUT2D eigenvalue weighted by Crippen LogP contribution is -2.39. The topological polar surface area (TPSA) is 67.4 Å². The third-order valence-electron chi connectivity index (χ3n) is 2.13. The van der Waals surface area contributed by atoms with Crippen LogP contribution in [0.3, 0.4) is 0 Å². The van der Waals surface area contributed by atoms with E-state index in [1.165, 1.54) is 0 Å². The first-order valence-corrected chi connectivity index (χ1v) is 4.69. The third-order valence-corrected chi connectivity index (χ3v) is 2.13. The van der Waals surface area contributed by atoms with E-state index in [4.69, 9.17) is 4.74 Å². The summed E-state index contributed by atoms with van der Waals surface area (Å²) in [6.07, 6.45) is 0.249. The van der Waals surface area contributed by atoms with Crippen molar-refractivity contribution >= 4 is 11.8 Å². The zero-order valence-electron chi connectivity index (χ0n) is 8.50. The average Bonchev–Trinajstić information content (AvgIpc) is 2.42. The fraction of sp³-hybridized carbons (Fsp3) is 0.778. The van der Waals surface area contributed by atoms with Gasteiger partial charge in [0.1, 0.15) is 0 Å². The van der Waals surface area contributed by atoms with Gasteiger partial charge in [-0.3, -0.25) is 14.9 Å². The normalized spacial score (nSPS) is 23.7. The van der Waals surface area contributed by atoms with Crippen molar-refractivity contribution in [3.63, 3.8) is 0 Å². The smallest absolute Gasteiger partial charge is 0.244 e. The quantitative estimate of drug-likeness (QED) is 0.574. The summed E-state index contributed by atoms with van der Waals surface area (Å²) in [4.78, 5) is 22.0. The van der Waals surface area contributed by atoms with Crippen LogP contribution in [-0.2, 0) is 14.3 Å². The second-order valence-electron chi connectivity index (χ2n) is 3.64. The van der Waals surface area contributed by atoms with Gasteiger partial charge in [0.05, 0.1) is 12.5 Å². The van der Waals surface area contributed by atoms with Crippen LogP contribution in [0.2, 0.25) is 0 Å². The largest absolute Gasteiger partial charge is 0.384 e. The predicted octanol–water partition coefficient (Wildman–Crippen LogP) is -0.726. The fourth-order valence-corrected chi connectivity index (χ4v) is 1.41. The lowest BCUT2D eigenvalue weighted by atomic mass is 10.1. The minimum absolute atomic E-state index is 0.202. The minimum atomic E-state index is -0.359. The highest BCUT2D eigenvalue weighted by molar-refractivity contribution is 6.05. The van der Waals surface area contributed by atoms with Crippen LogP contribution >= 0.6 is 0 Å². The molecule has 0 bridgehead atoms. The number of rotatable bonds is 5. The Bertz CT molecular complexity index is 230. The lowest BCUT2D eigenvalue weighted by molar-refractivity contribution is -0.125. The number of ether oxygens (including phenoxy) is 1. The maximum Gasteiger partial charge on any atom is 0.244 e. The zero-order chi connectivity index (χ0) is 10.6. The van der Waals surface area contributed by atoms with E-state index in [9.17, 15) is 9.59 Å². The van der Waals surface area contributed by atoms with Gasteiger partial charge in [0.25, 0.3) is 0 Å². The zero-order valence-corrected chi connectivity index (χ0v) is 8.50. The molecule has 80 valence electrons. The number of carbonyl (C=O) groups excluding carboxylic acids is 2. The summed E-state index contributed by atoms with van der Waals surface area (Å²) >= 11 is 0. The van der Waals surface area contributed by atoms with Gasteiger partial charge in [-0.1, -0.05) is 6.92 Å². The van der Waals surface area contributed by atoms with Crippen molar-refractivity contribution < 1.29 is 14.3 Å². The molecule has 2 amide bonds. The van der Waals surface area contributed by atoms with E-state index in [-0.39, 0.29) is 24.3 Å². The molecule has 1 heterocycles. The van der Waals surface area contributed by atoms with Crippen LogP contribution in [0.15, 0.2) is 0 Å². The molecule has 2 N–H and O–H groups in total. The van der Waals surface area contributed by atoms with E-state index in [1.54, 1.807) is 7.11 Å². The highest BCUT2D eigenvalue weighted by atomic mass is 16.5. The van der Waals surface area contributed by atoms with Gasteiger partial charge in [-0.25, -0.2) is 0 Å². The van der Waals surface area contributed by atoms with E-state index >= 15 is 0 Å². The Morgan fingerprint density at radius 3 is 2.86 bits per heavy atom. The number of amides is 2. The van der Waals surface area contributed by atoms with Gasteiger partial charge in [-0.05, 0) is 5.92 Å². The van der Waals surface area contributed by atoms with E-state index < -0.39 is 0 Å². The fourth-order valence-electron chi connectivity index (χ4n) is 1.41. The van der Waals surface area contributed by atoms with Gasteiger partial charge in [0, 0.05) is 20.3 Å². The Hall–Kier alpha value is -0.940. The number of carbonyl (C=O) groups is 2. The number of hydrogen-bond donors (Lipinski definition) is 2. The Labute approximate surface area is 83.2 Å². The van der Waals surface area contributed by atoms with Crippen LogP contribution in [0.5, 0.6) is 0 Å². The average molecular weight is 200 g/mol. The maximum atomic E-state index is 11.1. The molecule has 0 aromatic rings. The van der Waals surface area contributed by atoms with Crippen LogP contribution < -0.4 is 10.6 Å². The molecule has 0 aromatic heterocycles. The van der Waals surface area contributed by atoms with Crippen LogP contribution in [0.1, 0.15) is 13.3 Å². The van der Waals surface area contributed by atoms with Crippen molar-refractivity contribution in [1.82, 2.24) is 10.6 Å². The second-order valence-corrected chi connectivity index (χ2v) is 3.64. The Morgan fingerprint density at radius 1 is 1.64 bits per heavy atom. The molecule has 1 aliphatic rings. The molecular formula is C9H16N2O3. The monoisotopic (exact) mass is 200 g/mol. The first-order valence-electron chi connectivity index (χ1n) is 4.69. The van der Waals surface area contributed by atoms with E-state index in [2.05, 4.69) is 10.6 Å². The van der Waals surface area contributed by atoms with E-state index in [1.807, 2.05) is 6.92 Å². The van der Waals surface area contributed by atoms with E-state index in [0.29, 0.717) is 19.1 Å². The van der Waals surface area contributed by atoms with Crippen LogP contribution in [0, 0.1) is 5.92 Å². The summed E-state index contributed by atoms with van der Waals surface area (Å²) in [6.45, 7) is 3.35.